The second kappa shape index (κ2) is 6.61. The minimum atomic E-state index is -3.60. The van der Waals surface area contributed by atoms with Crippen molar-refractivity contribution in [1.82, 2.24) is 0 Å². The summed E-state index contributed by atoms with van der Waals surface area (Å²) in [5, 5.41) is 2.78. The topological polar surface area (TPSA) is 83.6 Å². The van der Waals surface area contributed by atoms with Crippen molar-refractivity contribution in [1.29, 1.82) is 0 Å². The van der Waals surface area contributed by atoms with E-state index in [4.69, 9.17) is 0 Å². The van der Waals surface area contributed by atoms with Crippen molar-refractivity contribution < 1.29 is 18.0 Å². The van der Waals surface area contributed by atoms with E-state index in [1.807, 2.05) is 19.1 Å². The van der Waals surface area contributed by atoms with Gasteiger partial charge in [0.15, 0.2) is 0 Å². The van der Waals surface area contributed by atoms with Gasteiger partial charge in [-0.25, -0.2) is 12.7 Å². The second-order valence-electron chi connectivity index (χ2n) is 5.69. The molecule has 1 saturated heterocycles. The maximum absolute atomic E-state index is 12.3. The minimum absolute atomic E-state index is 0.0203. The Morgan fingerprint density at radius 2 is 1.84 bits per heavy atom. The Kier molecular flexibility index (Phi) is 4.66. The lowest BCUT2D eigenvalue weighted by Crippen LogP contribution is -2.29. The average molecular weight is 423 g/mol. The summed E-state index contributed by atoms with van der Waals surface area (Å²) in [4.78, 5) is 24.1. The molecule has 25 heavy (non-hydrogen) atoms. The van der Waals surface area contributed by atoms with Gasteiger partial charge < -0.3 is 5.32 Å². The Labute approximate surface area is 154 Å². The van der Waals surface area contributed by atoms with Crippen molar-refractivity contribution in [2.75, 3.05) is 15.4 Å². The summed E-state index contributed by atoms with van der Waals surface area (Å²) in [5.74, 6) is -0.955. The number of carbonyl (C=O) groups is 2. The molecular weight excluding hydrogens is 408 g/mol. The van der Waals surface area contributed by atoms with Gasteiger partial charge in [-0.3, -0.25) is 9.59 Å². The Morgan fingerprint density at radius 1 is 1.16 bits per heavy atom. The average Bonchev–Trinajstić information content (AvgIpc) is 2.84. The molecule has 1 aliphatic heterocycles. The van der Waals surface area contributed by atoms with Crippen LogP contribution in [0.4, 0.5) is 11.4 Å². The summed E-state index contributed by atoms with van der Waals surface area (Å²) in [5.41, 5.74) is 2.27. The molecule has 1 fully saturated rings. The monoisotopic (exact) mass is 422 g/mol. The minimum Gasteiger partial charge on any atom is -0.322 e. The van der Waals surface area contributed by atoms with Gasteiger partial charge in [-0.2, -0.15) is 0 Å². The summed E-state index contributed by atoms with van der Waals surface area (Å²) >= 11 is 3.40. The van der Waals surface area contributed by atoms with E-state index in [2.05, 4.69) is 21.2 Å². The summed E-state index contributed by atoms with van der Waals surface area (Å²) in [7, 11) is -3.60. The molecule has 0 spiro atoms. The summed E-state index contributed by atoms with van der Waals surface area (Å²) in [6.45, 7) is 1.92. The quantitative estimate of drug-likeness (QED) is 0.823. The first kappa shape index (κ1) is 17.6. The van der Waals surface area contributed by atoms with Gasteiger partial charge in [-0.05, 0) is 55.0 Å². The molecule has 0 aliphatic carbocycles. The van der Waals surface area contributed by atoms with Crippen molar-refractivity contribution in [3.8, 4) is 0 Å². The van der Waals surface area contributed by atoms with Crippen LogP contribution in [0.25, 0.3) is 0 Å². The van der Waals surface area contributed by atoms with E-state index in [1.54, 1.807) is 6.07 Å². The number of anilines is 2. The number of amides is 2. The van der Waals surface area contributed by atoms with Crippen LogP contribution in [-0.2, 0) is 14.8 Å². The first-order valence-corrected chi connectivity index (χ1v) is 9.91. The summed E-state index contributed by atoms with van der Waals surface area (Å²) < 4.78 is 25.6. The number of carbonyl (C=O) groups excluding carboxylic acids is 2. The first-order valence-electron chi connectivity index (χ1n) is 7.51. The highest BCUT2D eigenvalue weighted by molar-refractivity contribution is 9.10. The zero-order valence-electron chi connectivity index (χ0n) is 13.3. The highest BCUT2D eigenvalue weighted by Gasteiger charge is 2.36. The number of nitrogens with one attached hydrogen (secondary N) is 1. The van der Waals surface area contributed by atoms with Gasteiger partial charge in [-0.15, -0.1) is 0 Å². The molecule has 0 unspecified atom stereocenters. The molecular formula is C17H15BrN2O4S. The highest BCUT2D eigenvalue weighted by Crippen LogP contribution is 2.26. The van der Waals surface area contributed by atoms with Crippen LogP contribution in [0.1, 0.15) is 22.3 Å². The molecule has 1 aliphatic rings. The van der Waals surface area contributed by atoms with Crippen LogP contribution >= 0.6 is 15.9 Å². The number of aryl methyl sites for hydroxylation is 1. The van der Waals surface area contributed by atoms with E-state index >= 15 is 0 Å². The number of hydrogen-bond donors (Lipinski definition) is 1. The molecule has 0 atom stereocenters. The second-order valence-corrected chi connectivity index (χ2v) is 8.48. The van der Waals surface area contributed by atoms with Gasteiger partial charge in [0.25, 0.3) is 5.91 Å². The van der Waals surface area contributed by atoms with Crippen molar-refractivity contribution >= 4 is 49.1 Å². The number of benzene rings is 2. The fourth-order valence-corrected chi connectivity index (χ4v) is 4.25. The summed E-state index contributed by atoms with van der Waals surface area (Å²) in [6, 6.07) is 11.4. The van der Waals surface area contributed by atoms with Gasteiger partial charge in [0.1, 0.15) is 0 Å². The molecule has 2 aromatic carbocycles. The lowest BCUT2D eigenvalue weighted by molar-refractivity contribution is -0.116. The van der Waals surface area contributed by atoms with E-state index in [9.17, 15) is 18.0 Å². The Morgan fingerprint density at radius 3 is 2.40 bits per heavy atom. The van der Waals surface area contributed by atoms with E-state index < -0.39 is 15.9 Å². The molecule has 1 heterocycles. The molecule has 2 amide bonds. The molecule has 130 valence electrons. The zero-order valence-corrected chi connectivity index (χ0v) is 15.7. The zero-order chi connectivity index (χ0) is 18.2. The molecule has 0 saturated carbocycles. The predicted molar refractivity (Wildman–Crippen MR) is 99.2 cm³/mol. The van der Waals surface area contributed by atoms with Gasteiger partial charge in [0.2, 0.25) is 15.9 Å². The number of hydrogen-bond acceptors (Lipinski definition) is 4. The third-order valence-electron chi connectivity index (χ3n) is 3.86. The lowest BCUT2D eigenvalue weighted by Gasteiger charge is -2.15. The van der Waals surface area contributed by atoms with Gasteiger partial charge in [0, 0.05) is 22.1 Å². The molecule has 6 nitrogen and oxygen atoms in total. The standard InChI is InChI=1S/C17H15BrN2O4S/c1-11-10-13(4-7-15(11)18)19-17(22)12-2-5-14(6-3-12)20-16(21)8-9-25(20,23)24/h2-7,10H,8-9H2,1H3,(H,19,22). The Balaban J connectivity index is 1.79. The van der Waals surface area contributed by atoms with Crippen LogP contribution in [0, 0.1) is 6.92 Å². The van der Waals surface area contributed by atoms with Crippen molar-refractivity contribution in [2.24, 2.45) is 0 Å². The highest BCUT2D eigenvalue weighted by atomic mass is 79.9. The maximum Gasteiger partial charge on any atom is 0.255 e. The smallest absolute Gasteiger partial charge is 0.255 e. The van der Waals surface area contributed by atoms with Crippen LogP contribution < -0.4 is 9.62 Å². The molecule has 2 aromatic rings. The Bertz CT molecular complexity index is 955. The number of halogens is 1. The summed E-state index contributed by atoms with van der Waals surface area (Å²) in [6.07, 6.45) is -0.0203. The fraction of sp³-hybridized carbons (Fsp3) is 0.176. The molecule has 0 bridgehead atoms. The van der Waals surface area contributed by atoms with Crippen LogP contribution in [0.15, 0.2) is 46.9 Å². The van der Waals surface area contributed by atoms with E-state index in [0.29, 0.717) is 11.3 Å². The van der Waals surface area contributed by atoms with Gasteiger partial charge in [0.05, 0.1) is 11.4 Å². The predicted octanol–water partition coefficient (Wildman–Crippen LogP) is 3.08. The van der Waals surface area contributed by atoms with Crippen LogP contribution in [0.3, 0.4) is 0 Å². The third-order valence-corrected chi connectivity index (χ3v) is 6.44. The van der Waals surface area contributed by atoms with E-state index in [-0.39, 0.29) is 23.8 Å². The van der Waals surface area contributed by atoms with Crippen LogP contribution in [0.2, 0.25) is 0 Å². The molecule has 3 rings (SSSR count). The maximum atomic E-state index is 12.3. The number of nitrogens with zero attached hydrogens (tertiary/aromatic N) is 1. The number of rotatable bonds is 3. The van der Waals surface area contributed by atoms with Crippen LogP contribution in [0.5, 0.6) is 0 Å². The molecule has 0 aromatic heterocycles. The van der Waals surface area contributed by atoms with E-state index in [1.165, 1.54) is 24.3 Å². The lowest BCUT2D eigenvalue weighted by atomic mass is 10.1. The van der Waals surface area contributed by atoms with Crippen LogP contribution in [-0.4, -0.2) is 26.0 Å². The number of sulfonamides is 1. The Hall–Kier alpha value is -2.19. The van der Waals surface area contributed by atoms with E-state index in [0.717, 1.165) is 14.3 Å². The normalized spacial score (nSPS) is 16.1. The third kappa shape index (κ3) is 3.59. The van der Waals surface area contributed by atoms with Gasteiger partial charge >= 0.3 is 0 Å². The molecule has 0 radical (unpaired) electrons. The molecule has 1 N–H and O–H groups in total. The van der Waals surface area contributed by atoms with Gasteiger partial charge in [-0.1, -0.05) is 15.9 Å². The van der Waals surface area contributed by atoms with Crippen molar-refractivity contribution in [2.45, 2.75) is 13.3 Å². The largest absolute Gasteiger partial charge is 0.322 e. The first-order chi connectivity index (χ1) is 11.8. The SMILES string of the molecule is Cc1cc(NC(=O)c2ccc(N3C(=O)CCS3(=O)=O)cc2)ccc1Br. The fourth-order valence-electron chi connectivity index (χ4n) is 2.54. The van der Waals surface area contributed by atoms with Crippen molar-refractivity contribution in [3.05, 3.63) is 58.1 Å². The molecule has 8 heteroatoms. The van der Waals surface area contributed by atoms with Crippen molar-refractivity contribution in [3.63, 3.8) is 0 Å².